The van der Waals surface area contributed by atoms with E-state index in [9.17, 15) is 9.59 Å². The fourth-order valence-electron chi connectivity index (χ4n) is 2.71. The smallest absolute Gasteiger partial charge is 0.262 e. The number of fused-ring (bicyclic) bond motifs is 1. The Kier molecular flexibility index (Phi) is 6.34. The standard InChI is InChI=1S/C20H23N3O2S2/c1-13(2)12-23-19(25)16-8-4-5-9-17(16)22-20(23)27-14(3)18(24)21-11-15-7-6-10-26-15/h4-10,13-14H,11-12H2,1-3H3,(H,21,24)/t14-/m0/s1. The molecule has 0 bridgehead atoms. The van der Waals surface area contributed by atoms with E-state index in [1.54, 1.807) is 22.0 Å². The van der Waals surface area contributed by atoms with Gasteiger partial charge in [0.15, 0.2) is 5.16 Å². The van der Waals surface area contributed by atoms with Crippen molar-refractivity contribution in [1.82, 2.24) is 14.9 Å². The zero-order chi connectivity index (χ0) is 19.4. The van der Waals surface area contributed by atoms with Crippen LogP contribution >= 0.6 is 23.1 Å². The van der Waals surface area contributed by atoms with Crippen LogP contribution in [0, 0.1) is 5.92 Å². The van der Waals surface area contributed by atoms with Crippen molar-refractivity contribution >= 4 is 39.9 Å². The second kappa shape index (κ2) is 8.71. The number of thiophene rings is 1. The summed E-state index contributed by atoms with van der Waals surface area (Å²) in [5, 5.41) is 5.79. The first-order valence-electron chi connectivity index (χ1n) is 8.92. The van der Waals surface area contributed by atoms with Crippen LogP contribution in [0.25, 0.3) is 10.9 Å². The molecule has 0 aliphatic rings. The molecule has 3 aromatic rings. The number of hydrogen-bond acceptors (Lipinski definition) is 5. The van der Waals surface area contributed by atoms with Crippen LogP contribution in [0.15, 0.2) is 51.7 Å². The molecule has 0 radical (unpaired) electrons. The van der Waals surface area contributed by atoms with E-state index in [-0.39, 0.29) is 16.7 Å². The highest BCUT2D eigenvalue weighted by Gasteiger charge is 2.19. The zero-order valence-electron chi connectivity index (χ0n) is 15.6. The third kappa shape index (κ3) is 4.78. The SMILES string of the molecule is CC(C)Cn1c(S[C@@H](C)C(=O)NCc2cccs2)nc2ccccc2c1=O. The molecule has 142 valence electrons. The van der Waals surface area contributed by atoms with Crippen molar-refractivity contribution in [1.29, 1.82) is 0 Å². The Hall–Kier alpha value is -2.12. The van der Waals surface area contributed by atoms with Crippen molar-refractivity contribution in [2.75, 3.05) is 0 Å². The van der Waals surface area contributed by atoms with Crippen LogP contribution < -0.4 is 10.9 Å². The summed E-state index contributed by atoms with van der Waals surface area (Å²) in [7, 11) is 0. The van der Waals surface area contributed by atoms with Crippen LogP contribution in [0.2, 0.25) is 0 Å². The third-order valence-electron chi connectivity index (χ3n) is 4.04. The lowest BCUT2D eigenvalue weighted by Crippen LogP contribution is -2.32. The molecule has 27 heavy (non-hydrogen) atoms. The maximum Gasteiger partial charge on any atom is 0.262 e. The molecule has 7 heteroatoms. The van der Waals surface area contributed by atoms with Crippen molar-refractivity contribution in [3.8, 4) is 0 Å². The Morgan fingerprint density at radius 3 is 2.70 bits per heavy atom. The number of benzene rings is 1. The van der Waals surface area contributed by atoms with Gasteiger partial charge in [-0.25, -0.2) is 4.98 Å². The summed E-state index contributed by atoms with van der Waals surface area (Å²) in [6.07, 6.45) is 0. The number of carbonyl (C=O) groups excluding carboxylic acids is 1. The largest absolute Gasteiger partial charge is 0.350 e. The summed E-state index contributed by atoms with van der Waals surface area (Å²) in [4.78, 5) is 31.2. The highest BCUT2D eigenvalue weighted by molar-refractivity contribution is 8.00. The van der Waals surface area contributed by atoms with E-state index in [4.69, 9.17) is 0 Å². The van der Waals surface area contributed by atoms with Crippen LogP contribution in [-0.4, -0.2) is 20.7 Å². The van der Waals surface area contributed by atoms with E-state index in [1.807, 2.05) is 42.6 Å². The lowest BCUT2D eigenvalue weighted by molar-refractivity contribution is -0.120. The van der Waals surface area contributed by atoms with Gasteiger partial charge in [0.05, 0.1) is 22.7 Å². The number of aromatic nitrogens is 2. The van der Waals surface area contributed by atoms with Crippen LogP contribution in [-0.2, 0) is 17.9 Å². The van der Waals surface area contributed by atoms with Crippen molar-refractivity contribution in [3.05, 3.63) is 57.0 Å². The van der Waals surface area contributed by atoms with E-state index < -0.39 is 0 Å². The van der Waals surface area contributed by atoms with Gasteiger partial charge in [0.25, 0.3) is 5.56 Å². The average Bonchev–Trinajstić information content (AvgIpc) is 3.16. The lowest BCUT2D eigenvalue weighted by Gasteiger charge is -2.17. The molecule has 2 aromatic heterocycles. The molecular formula is C20H23N3O2S2. The van der Waals surface area contributed by atoms with E-state index >= 15 is 0 Å². The molecule has 1 amide bonds. The molecule has 0 aliphatic carbocycles. The van der Waals surface area contributed by atoms with Gasteiger partial charge >= 0.3 is 0 Å². The zero-order valence-corrected chi connectivity index (χ0v) is 17.3. The molecule has 0 unspecified atom stereocenters. The first-order chi connectivity index (χ1) is 13.0. The fourth-order valence-corrected chi connectivity index (χ4v) is 4.29. The molecule has 1 atom stereocenters. The van der Waals surface area contributed by atoms with Gasteiger partial charge in [-0.2, -0.15) is 0 Å². The number of thioether (sulfide) groups is 1. The fraction of sp³-hybridized carbons (Fsp3) is 0.350. The van der Waals surface area contributed by atoms with Gasteiger partial charge in [-0.15, -0.1) is 11.3 Å². The highest BCUT2D eigenvalue weighted by atomic mass is 32.2. The average molecular weight is 402 g/mol. The molecule has 5 nitrogen and oxygen atoms in total. The minimum Gasteiger partial charge on any atom is -0.350 e. The van der Waals surface area contributed by atoms with Crippen molar-refractivity contribution in [3.63, 3.8) is 0 Å². The van der Waals surface area contributed by atoms with E-state index in [1.165, 1.54) is 11.8 Å². The Balaban J connectivity index is 1.83. The lowest BCUT2D eigenvalue weighted by atomic mass is 10.2. The first kappa shape index (κ1) is 19.6. The van der Waals surface area contributed by atoms with Crippen molar-refractivity contribution in [2.45, 2.75) is 44.3 Å². The van der Waals surface area contributed by atoms with Crippen LogP contribution in [0.4, 0.5) is 0 Å². The minimum absolute atomic E-state index is 0.0528. The van der Waals surface area contributed by atoms with Crippen molar-refractivity contribution < 1.29 is 4.79 Å². The van der Waals surface area contributed by atoms with Gasteiger partial charge < -0.3 is 5.32 Å². The Morgan fingerprint density at radius 1 is 1.22 bits per heavy atom. The first-order valence-corrected chi connectivity index (χ1v) is 10.7. The molecule has 0 spiro atoms. The monoisotopic (exact) mass is 401 g/mol. The quantitative estimate of drug-likeness (QED) is 0.482. The van der Waals surface area contributed by atoms with Gasteiger partial charge in [-0.3, -0.25) is 14.2 Å². The number of nitrogens with one attached hydrogen (secondary N) is 1. The topological polar surface area (TPSA) is 64.0 Å². The molecule has 0 fully saturated rings. The van der Waals surface area contributed by atoms with E-state index in [0.29, 0.717) is 35.1 Å². The maximum absolute atomic E-state index is 12.9. The molecule has 1 N–H and O–H groups in total. The number of hydrogen-bond donors (Lipinski definition) is 1. The molecule has 0 saturated carbocycles. The van der Waals surface area contributed by atoms with Crippen LogP contribution in [0.3, 0.4) is 0 Å². The Labute approximate surface area is 166 Å². The second-order valence-electron chi connectivity index (χ2n) is 6.78. The molecule has 1 aromatic carbocycles. The highest BCUT2D eigenvalue weighted by Crippen LogP contribution is 2.23. The van der Waals surface area contributed by atoms with Crippen LogP contribution in [0.5, 0.6) is 0 Å². The summed E-state index contributed by atoms with van der Waals surface area (Å²) in [6, 6.07) is 11.3. The number of amides is 1. The molecule has 3 rings (SSSR count). The predicted octanol–water partition coefficient (Wildman–Crippen LogP) is 3.91. The number of rotatable bonds is 7. The summed E-state index contributed by atoms with van der Waals surface area (Å²) in [5.74, 6) is 0.236. The van der Waals surface area contributed by atoms with E-state index in [2.05, 4.69) is 24.1 Å². The maximum atomic E-state index is 12.9. The Morgan fingerprint density at radius 2 is 2.00 bits per heavy atom. The minimum atomic E-state index is -0.351. The normalized spacial score (nSPS) is 12.4. The summed E-state index contributed by atoms with van der Waals surface area (Å²) in [5.41, 5.74) is 0.610. The van der Waals surface area contributed by atoms with E-state index in [0.717, 1.165) is 4.88 Å². The third-order valence-corrected chi connectivity index (χ3v) is 6.01. The number of carbonyl (C=O) groups is 1. The Bertz CT molecular complexity index is 981. The van der Waals surface area contributed by atoms with Gasteiger partial charge in [0.1, 0.15) is 0 Å². The molecule has 0 aliphatic heterocycles. The van der Waals surface area contributed by atoms with Gasteiger partial charge in [-0.1, -0.05) is 43.8 Å². The summed E-state index contributed by atoms with van der Waals surface area (Å²) >= 11 is 2.94. The second-order valence-corrected chi connectivity index (χ2v) is 9.12. The van der Waals surface area contributed by atoms with Crippen LogP contribution in [0.1, 0.15) is 25.6 Å². The number of nitrogens with zero attached hydrogens (tertiary/aromatic N) is 2. The molecule has 2 heterocycles. The van der Waals surface area contributed by atoms with Gasteiger partial charge in [-0.05, 0) is 36.4 Å². The van der Waals surface area contributed by atoms with Gasteiger partial charge in [0, 0.05) is 11.4 Å². The van der Waals surface area contributed by atoms with Crippen molar-refractivity contribution in [2.24, 2.45) is 5.92 Å². The molecular weight excluding hydrogens is 378 g/mol. The number of para-hydroxylation sites is 1. The summed E-state index contributed by atoms with van der Waals surface area (Å²) in [6.45, 7) is 7.06. The predicted molar refractivity (Wildman–Crippen MR) is 112 cm³/mol. The van der Waals surface area contributed by atoms with Gasteiger partial charge in [0.2, 0.25) is 5.91 Å². The molecule has 0 saturated heterocycles. The summed E-state index contributed by atoms with van der Waals surface area (Å²) < 4.78 is 1.70.